The number of ether oxygens (including phenoxy) is 2. The zero-order chi connectivity index (χ0) is 30.7. The van der Waals surface area contributed by atoms with Crippen LogP contribution in [0.3, 0.4) is 0 Å². The van der Waals surface area contributed by atoms with Gasteiger partial charge in [-0.1, -0.05) is 57.2 Å². The van der Waals surface area contributed by atoms with Crippen molar-refractivity contribution in [3.8, 4) is 5.75 Å². The number of hydrogen-bond donors (Lipinski definition) is 3. The molecule has 2 heterocycles. The van der Waals surface area contributed by atoms with Crippen LogP contribution in [0.25, 0.3) is 10.8 Å². The predicted molar refractivity (Wildman–Crippen MR) is 152 cm³/mol. The summed E-state index contributed by atoms with van der Waals surface area (Å²) in [7, 11) is -4.33. The summed E-state index contributed by atoms with van der Waals surface area (Å²) in [5, 5.41) is 14.7. The first-order chi connectivity index (χ1) is 19.7. The van der Waals surface area contributed by atoms with Crippen molar-refractivity contribution in [3.63, 3.8) is 0 Å². The summed E-state index contributed by atoms with van der Waals surface area (Å²) in [6, 6.07) is 11.3. The van der Waals surface area contributed by atoms with E-state index in [0.717, 1.165) is 9.95 Å². The number of aliphatic hydroxyl groups is 1. The molecule has 0 radical (unpaired) electrons. The molecule has 1 aliphatic heterocycles. The molecule has 2 aromatic carbocycles. The number of halogens is 1. The molecule has 4 rings (SSSR count). The third-order valence-electron chi connectivity index (χ3n) is 6.62. The van der Waals surface area contributed by atoms with Gasteiger partial charge in [0.15, 0.2) is 0 Å². The Morgan fingerprint density at radius 1 is 1.24 bits per heavy atom. The number of carbonyl (C=O) groups excluding carboxylic acids is 1. The van der Waals surface area contributed by atoms with Gasteiger partial charge in [0.2, 0.25) is 5.82 Å². The largest absolute Gasteiger partial charge is 0.465 e. The predicted octanol–water partition coefficient (Wildman–Crippen LogP) is 3.64. The van der Waals surface area contributed by atoms with Crippen LogP contribution in [-0.2, 0) is 23.4 Å². The maximum atomic E-state index is 14.1. The molecule has 0 saturated carbocycles. The normalized spacial score (nSPS) is 21.1. The zero-order valence-electron chi connectivity index (χ0n) is 23.7. The highest BCUT2D eigenvalue weighted by molar-refractivity contribution is 7.52. The molecule has 1 aromatic heterocycles. The molecule has 14 heteroatoms. The fraction of sp³-hybridized carbons (Fsp3) is 0.464. The van der Waals surface area contributed by atoms with Gasteiger partial charge in [0.25, 0.3) is 5.56 Å². The van der Waals surface area contributed by atoms with Crippen LogP contribution in [0.15, 0.2) is 58.3 Å². The monoisotopic (exact) mass is 607 g/mol. The zero-order valence-corrected chi connectivity index (χ0v) is 24.6. The maximum Gasteiger partial charge on any atom is 0.459 e. The standard InChI is InChI=1S/C28H35FN3O9P/c1-17(26(35)38-13-12-28(2,3)4)31-42(37,41-22-11-7-9-18-8-5-6-10-19(18)22)39-16-23-21(33)14-24(40-23)32-15-20(29)25(34)30-27(32)36/h5-11,15,17,21,23-24,33H,12-14,16H2,1-4H3,(H,31,37)(H,30,34,36)/t17-,21+,23+,24+,42?/m0/s1. The Labute approximate surface area is 241 Å². The highest BCUT2D eigenvalue weighted by Crippen LogP contribution is 2.47. The summed E-state index contributed by atoms with van der Waals surface area (Å²) >= 11 is 0. The Bertz CT molecular complexity index is 1580. The van der Waals surface area contributed by atoms with Crippen LogP contribution in [0.2, 0.25) is 0 Å². The van der Waals surface area contributed by atoms with Gasteiger partial charge in [-0.2, -0.15) is 9.48 Å². The van der Waals surface area contributed by atoms with E-state index in [1.807, 2.05) is 44.0 Å². The van der Waals surface area contributed by atoms with Crippen molar-refractivity contribution in [1.82, 2.24) is 14.6 Å². The number of carbonyl (C=O) groups is 1. The highest BCUT2D eigenvalue weighted by Gasteiger charge is 2.40. The van der Waals surface area contributed by atoms with Crippen molar-refractivity contribution in [2.75, 3.05) is 13.2 Å². The molecule has 42 heavy (non-hydrogen) atoms. The molecule has 1 unspecified atom stereocenters. The summed E-state index contributed by atoms with van der Waals surface area (Å²) < 4.78 is 51.3. The Morgan fingerprint density at radius 2 is 1.95 bits per heavy atom. The molecular formula is C28H35FN3O9P. The highest BCUT2D eigenvalue weighted by atomic mass is 31.2. The molecule has 228 valence electrons. The van der Waals surface area contributed by atoms with Gasteiger partial charge in [-0.3, -0.25) is 23.7 Å². The quantitative estimate of drug-likeness (QED) is 0.217. The lowest BCUT2D eigenvalue weighted by molar-refractivity contribution is -0.146. The van der Waals surface area contributed by atoms with Crippen molar-refractivity contribution >= 4 is 24.5 Å². The Balaban J connectivity index is 1.52. The van der Waals surface area contributed by atoms with E-state index in [-0.39, 0.29) is 24.2 Å². The van der Waals surface area contributed by atoms with E-state index in [1.165, 1.54) is 6.92 Å². The van der Waals surface area contributed by atoms with E-state index >= 15 is 0 Å². The van der Waals surface area contributed by atoms with E-state index in [0.29, 0.717) is 18.0 Å². The molecule has 0 amide bonds. The Hall–Kier alpha value is -3.35. The number of fused-ring (bicyclic) bond motifs is 1. The van der Waals surface area contributed by atoms with Crippen LogP contribution < -0.4 is 20.9 Å². The number of esters is 1. The van der Waals surface area contributed by atoms with Crippen LogP contribution in [0.5, 0.6) is 5.75 Å². The van der Waals surface area contributed by atoms with Gasteiger partial charge in [0.05, 0.1) is 25.5 Å². The van der Waals surface area contributed by atoms with E-state index in [4.69, 9.17) is 18.5 Å². The molecule has 3 aromatic rings. The van der Waals surface area contributed by atoms with Crippen molar-refractivity contribution in [1.29, 1.82) is 0 Å². The van der Waals surface area contributed by atoms with Crippen molar-refractivity contribution in [3.05, 3.63) is 75.3 Å². The molecule has 1 fully saturated rings. The average Bonchev–Trinajstić information content (AvgIpc) is 3.29. The summed E-state index contributed by atoms with van der Waals surface area (Å²) in [5.41, 5.74) is -2.16. The van der Waals surface area contributed by atoms with E-state index in [9.17, 15) is 28.4 Å². The number of nitrogens with zero attached hydrogens (tertiary/aromatic N) is 1. The molecule has 0 aliphatic carbocycles. The summed E-state index contributed by atoms with van der Waals surface area (Å²) in [6.45, 7) is 7.16. The molecule has 1 saturated heterocycles. The number of aliphatic hydroxyl groups excluding tert-OH is 1. The second-order valence-corrected chi connectivity index (χ2v) is 13.0. The molecule has 0 bridgehead atoms. The number of H-pyrrole nitrogens is 1. The third-order valence-corrected chi connectivity index (χ3v) is 8.25. The Morgan fingerprint density at radius 3 is 2.69 bits per heavy atom. The van der Waals surface area contributed by atoms with E-state index < -0.39 is 61.9 Å². The van der Waals surface area contributed by atoms with E-state index in [2.05, 4.69) is 5.09 Å². The molecular weight excluding hydrogens is 572 g/mol. The molecule has 5 atom stereocenters. The number of rotatable bonds is 11. The van der Waals surface area contributed by atoms with Crippen LogP contribution >= 0.6 is 7.75 Å². The van der Waals surface area contributed by atoms with Gasteiger partial charge < -0.3 is 19.1 Å². The SMILES string of the molecule is C[C@H](NP(=O)(OC[C@H]1O[C@@H](n2cc(F)c(=O)[nH]c2=O)C[C@H]1O)Oc1cccc2ccccc12)C(=O)OCCC(C)(C)C. The number of aromatic nitrogens is 2. The number of hydrogen-bond acceptors (Lipinski definition) is 9. The van der Waals surface area contributed by atoms with Gasteiger partial charge in [0, 0.05) is 11.8 Å². The minimum Gasteiger partial charge on any atom is -0.465 e. The van der Waals surface area contributed by atoms with Crippen LogP contribution in [0.4, 0.5) is 4.39 Å². The van der Waals surface area contributed by atoms with Crippen LogP contribution in [-0.4, -0.2) is 52.1 Å². The van der Waals surface area contributed by atoms with Gasteiger partial charge in [-0.05, 0) is 30.2 Å². The lowest BCUT2D eigenvalue weighted by atomic mass is 9.93. The van der Waals surface area contributed by atoms with Gasteiger partial charge in [0.1, 0.15) is 24.1 Å². The Kier molecular flexibility index (Phi) is 9.69. The first-order valence-corrected chi connectivity index (χ1v) is 15.0. The first kappa shape index (κ1) is 31.6. The summed E-state index contributed by atoms with van der Waals surface area (Å²) in [5.74, 6) is -1.65. The molecule has 12 nitrogen and oxygen atoms in total. The minimum atomic E-state index is -4.33. The molecule has 3 N–H and O–H groups in total. The van der Waals surface area contributed by atoms with Crippen molar-refractivity contribution < 1.29 is 37.4 Å². The lowest BCUT2D eigenvalue weighted by Gasteiger charge is -2.25. The second kappa shape index (κ2) is 12.9. The number of nitrogens with one attached hydrogen (secondary N) is 2. The van der Waals surface area contributed by atoms with Gasteiger partial charge >= 0.3 is 19.4 Å². The second-order valence-electron chi connectivity index (χ2n) is 11.3. The minimum absolute atomic E-state index is 0.0568. The fourth-order valence-electron chi connectivity index (χ4n) is 4.25. The van der Waals surface area contributed by atoms with Crippen molar-refractivity contribution in [2.45, 2.75) is 65.0 Å². The summed E-state index contributed by atoms with van der Waals surface area (Å²) in [4.78, 5) is 38.1. The maximum absolute atomic E-state index is 14.1. The number of aromatic amines is 1. The topological polar surface area (TPSA) is 158 Å². The van der Waals surface area contributed by atoms with Gasteiger partial charge in [-0.25, -0.2) is 9.36 Å². The smallest absolute Gasteiger partial charge is 0.459 e. The van der Waals surface area contributed by atoms with E-state index in [1.54, 1.807) is 24.3 Å². The molecule has 1 aliphatic rings. The van der Waals surface area contributed by atoms with Crippen LogP contribution in [0.1, 0.15) is 46.8 Å². The van der Waals surface area contributed by atoms with Gasteiger partial charge in [-0.15, -0.1) is 0 Å². The number of benzene rings is 2. The first-order valence-electron chi connectivity index (χ1n) is 13.5. The van der Waals surface area contributed by atoms with Crippen molar-refractivity contribution in [2.24, 2.45) is 5.41 Å². The average molecular weight is 608 g/mol. The van der Waals surface area contributed by atoms with Crippen LogP contribution in [0, 0.1) is 11.2 Å². The lowest BCUT2D eigenvalue weighted by Crippen LogP contribution is -2.37. The summed E-state index contributed by atoms with van der Waals surface area (Å²) in [6.07, 6.45) is -2.29. The third kappa shape index (κ3) is 7.93. The molecule has 0 spiro atoms. The fourth-order valence-corrected chi connectivity index (χ4v) is 5.77.